The van der Waals surface area contributed by atoms with E-state index in [0.717, 1.165) is 17.6 Å². The minimum absolute atomic E-state index is 0.304. The topological polar surface area (TPSA) is 53.9 Å². The van der Waals surface area contributed by atoms with Gasteiger partial charge in [0.25, 0.3) is 0 Å². The molecule has 0 saturated carbocycles. The van der Waals surface area contributed by atoms with Crippen molar-refractivity contribution in [1.29, 1.82) is 0 Å². The molecule has 0 fully saturated rings. The number of rotatable bonds is 5. The molecule has 0 radical (unpaired) electrons. The third-order valence-corrected chi connectivity index (χ3v) is 3.04. The van der Waals surface area contributed by atoms with E-state index in [2.05, 4.69) is 53.3 Å². The number of anilines is 1. The first kappa shape index (κ1) is 13.7. The molecule has 102 valence electrons. The molecule has 1 unspecified atom stereocenters. The molecule has 2 aromatic rings. The van der Waals surface area contributed by atoms with Crippen LogP contribution in [0.4, 0.5) is 5.95 Å². The third kappa shape index (κ3) is 3.61. The number of nitrogens with zero attached hydrogens (tertiary/aromatic N) is 4. The molecule has 0 aliphatic heterocycles. The van der Waals surface area contributed by atoms with Crippen molar-refractivity contribution in [3.05, 3.63) is 24.3 Å². The Kier molecular flexibility index (Phi) is 4.27. The van der Waals surface area contributed by atoms with Crippen LogP contribution in [0.1, 0.15) is 13.8 Å². The Bertz CT molecular complexity index is 538. The lowest BCUT2D eigenvalue weighted by molar-refractivity contribution is 0.343. The van der Waals surface area contributed by atoms with E-state index in [1.807, 2.05) is 24.3 Å². The molecular formula is C14H21N5. The van der Waals surface area contributed by atoms with Crippen molar-refractivity contribution in [3.63, 3.8) is 0 Å². The maximum Gasteiger partial charge on any atom is 0.243 e. The van der Waals surface area contributed by atoms with Gasteiger partial charge in [0.1, 0.15) is 5.52 Å². The van der Waals surface area contributed by atoms with Crippen molar-refractivity contribution in [1.82, 2.24) is 20.1 Å². The SMILES string of the molecule is CC(C)C(CN(C)C)Nc1nnc2ccccc2n1. The summed E-state index contributed by atoms with van der Waals surface area (Å²) in [6.07, 6.45) is 0. The van der Waals surface area contributed by atoms with Gasteiger partial charge in [0.2, 0.25) is 5.95 Å². The van der Waals surface area contributed by atoms with Gasteiger partial charge in [-0.2, -0.15) is 0 Å². The summed E-state index contributed by atoms with van der Waals surface area (Å²) in [7, 11) is 4.13. The van der Waals surface area contributed by atoms with Crippen LogP contribution in [0.25, 0.3) is 11.0 Å². The molecule has 1 atom stereocenters. The molecule has 1 aromatic heterocycles. The quantitative estimate of drug-likeness (QED) is 0.890. The summed E-state index contributed by atoms with van der Waals surface area (Å²) >= 11 is 0. The second-order valence-corrected chi connectivity index (χ2v) is 5.38. The minimum Gasteiger partial charge on any atom is -0.349 e. The lowest BCUT2D eigenvalue weighted by Gasteiger charge is -2.25. The molecule has 5 nitrogen and oxygen atoms in total. The zero-order chi connectivity index (χ0) is 13.8. The summed E-state index contributed by atoms with van der Waals surface area (Å²) in [4.78, 5) is 6.66. The number of benzene rings is 1. The molecule has 0 amide bonds. The van der Waals surface area contributed by atoms with Gasteiger partial charge in [-0.25, -0.2) is 4.98 Å². The molecule has 0 aliphatic carbocycles. The highest BCUT2D eigenvalue weighted by atomic mass is 15.3. The molecule has 1 heterocycles. The largest absolute Gasteiger partial charge is 0.349 e. The first-order valence-electron chi connectivity index (χ1n) is 6.57. The number of fused-ring (bicyclic) bond motifs is 1. The van der Waals surface area contributed by atoms with Gasteiger partial charge in [0.15, 0.2) is 0 Å². The second kappa shape index (κ2) is 5.93. The summed E-state index contributed by atoms with van der Waals surface area (Å²) in [5.41, 5.74) is 1.69. The van der Waals surface area contributed by atoms with E-state index in [0.29, 0.717) is 17.9 Å². The molecule has 2 rings (SSSR count). The maximum absolute atomic E-state index is 4.50. The molecule has 1 aromatic carbocycles. The standard InChI is InChI=1S/C14H21N5/c1-10(2)13(9-19(3)4)16-14-15-11-7-5-6-8-12(11)17-18-14/h5-8,10,13H,9H2,1-4H3,(H,15,16,18). The van der Waals surface area contributed by atoms with Gasteiger partial charge in [0, 0.05) is 12.6 Å². The predicted octanol–water partition coefficient (Wildman–Crippen LogP) is 2.02. The van der Waals surface area contributed by atoms with Crippen molar-refractivity contribution in [2.75, 3.05) is 26.0 Å². The summed E-state index contributed by atoms with van der Waals surface area (Å²) in [5.74, 6) is 1.09. The monoisotopic (exact) mass is 259 g/mol. The van der Waals surface area contributed by atoms with Crippen LogP contribution in [0.15, 0.2) is 24.3 Å². The van der Waals surface area contributed by atoms with Crippen LogP contribution in [0, 0.1) is 5.92 Å². The van der Waals surface area contributed by atoms with Crippen molar-refractivity contribution in [2.45, 2.75) is 19.9 Å². The Labute approximate surface area is 114 Å². The van der Waals surface area contributed by atoms with E-state index in [1.165, 1.54) is 0 Å². The van der Waals surface area contributed by atoms with E-state index >= 15 is 0 Å². The average molecular weight is 259 g/mol. The Balaban J connectivity index is 2.18. The number of hydrogen-bond acceptors (Lipinski definition) is 5. The summed E-state index contributed by atoms with van der Waals surface area (Å²) in [6, 6.07) is 8.07. The number of likely N-dealkylation sites (N-methyl/N-ethyl adjacent to an activating group) is 1. The highest BCUT2D eigenvalue weighted by Gasteiger charge is 2.15. The van der Waals surface area contributed by atoms with Crippen molar-refractivity contribution in [2.24, 2.45) is 5.92 Å². The zero-order valence-corrected chi connectivity index (χ0v) is 12.0. The van der Waals surface area contributed by atoms with E-state index in [-0.39, 0.29) is 0 Å². The number of para-hydroxylation sites is 1. The van der Waals surface area contributed by atoms with E-state index in [1.54, 1.807) is 0 Å². The van der Waals surface area contributed by atoms with Crippen LogP contribution in [-0.2, 0) is 0 Å². The van der Waals surface area contributed by atoms with E-state index < -0.39 is 0 Å². The fourth-order valence-corrected chi connectivity index (χ4v) is 1.92. The Morgan fingerprint density at radius 1 is 1.11 bits per heavy atom. The second-order valence-electron chi connectivity index (χ2n) is 5.38. The summed E-state index contributed by atoms with van der Waals surface area (Å²) in [5, 5.41) is 11.7. The van der Waals surface area contributed by atoms with Crippen molar-refractivity contribution in [3.8, 4) is 0 Å². The van der Waals surface area contributed by atoms with Crippen LogP contribution in [0.5, 0.6) is 0 Å². The Morgan fingerprint density at radius 2 is 1.79 bits per heavy atom. The number of nitrogens with one attached hydrogen (secondary N) is 1. The first-order valence-corrected chi connectivity index (χ1v) is 6.57. The highest BCUT2D eigenvalue weighted by molar-refractivity contribution is 5.74. The van der Waals surface area contributed by atoms with Crippen LogP contribution < -0.4 is 5.32 Å². The van der Waals surface area contributed by atoms with Gasteiger partial charge in [-0.05, 0) is 32.1 Å². The average Bonchev–Trinajstić information content (AvgIpc) is 2.37. The van der Waals surface area contributed by atoms with Gasteiger partial charge >= 0.3 is 0 Å². The molecular weight excluding hydrogens is 238 g/mol. The normalized spacial score (nSPS) is 13.2. The van der Waals surface area contributed by atoms with E-state index in [4.69, 9.17) is 0 Å². The van der Waals surface area contributed by atoms with Crippen molar-refractivity contribution < 1.29 is 0 Å². The molecule has 1 N–H and O–H groups in total. The van der Waals surface area contributed by atoms with Gasteiger partial charge in [-0.1, -0.05) is 26.0 Å². The van der Waals surface area contributed by atoms with Gasteiger partial charge < -0.3 is 10.2 Å². The molecule has 0 bridgehead atoms. The predicted molar refractivity (Wildman–Crippen MR) is 78.1 cm³/mol. The smallest absolute Gasteiger partial charge is 0.243 e. The number of aromatic nitrogens is 3. The van der Waals surface area contributed by atoms with Crippen LogP contribution in [0.3, 0.4) is 0 Å². The highest BCUT2D eigenvalue weighted by Crippen LogP contribution is 2.12. The van der Waals surface area contributed by atoms with Gasteiger partial charge in [0.05, 0.1) is 5.52 Å². The van der Waals surface area contributed by atoms with Crippen LogP contribution >= 0.6 is 0 Å². The fraction of sp³-hybridized carbons (Fsp3) is 0.500. The summed E-state index contributed by atoms with van der Waals surface area (Å²) < 4.78 is 0. The van der Waals surface area contributed by atoms with E-state index in [9.17, 15) is 0 Å². The minimum atomic E-state index is 0.304. The number of hydrogen-bond donors (Lipinski definition) is 1. The molecule has 0 saturated heterocycles. The molecule has 0 spiro atoms. The fourth-order valence-electron chi connectivity index (χ4n) is 1.92. The lowest BCUT2D eigenvalue weighted by Crippen LogP contribution is -2.37. The Morgan fingerprint density at radius 3 is 2.42 bits per heavy atom. The lowest BCUT2D eigenvalue weighted by atomic mass is 10.0. The summed E-state index contributed by atoms with van der Waals surface area (Å²) in [6.45, 7) is 5.32. The zero-order valence-electron chi connectivity index (χ0n) is 12.0. The molecule has 19 heavy (non-hydrogen) atoms. The van der Waals surface area contributed by atoms with Crippen LogP contribution in [0.2, 0.25) is 0 Å². The maximum atomic E-state index is 4.50. The first-order chi connectivity index (χ1) is 9.06. The Hall–Kier alpha value is -1.75. The molecule has 0 aliphatic rings. The third-order valence-electron chi connectivity index (χ3n) is 3.04. The van der Waals surface area contributed by atoms with Crippen molar-refractivity contribution >= 4 is 17.0 Å². The van der Waals surface area contributed by atoms with Crippen LogP contribution in [-0.4, -0.2) is 46.8 Å². The van der Waals surface area contributed by atoms with Gasteiger partial charge in [-0.15, -0.1) is 10.2 Å². The molecule has 5 heteroatoms. The van der Waals surface area contributed by atoms with Gasteiger partial charge in [-0.3, -0.25) is 0 Å².